The normalized spacial score (nSPS) is 12.0. The van der Waals surface area contributed by atoms with E-state index in [1.165, 1.54) is 59.8 Å². The zero-order valence-corrected chi connectivity index (χ0v) is 19.7. The molecule has 36 heavy (non-hydrogen) atoms. The summed E-state index contributed by atoms with van der Waals surface area (Å²) in [5.74, 6) is 0.670. The highest BCUT2D eigenvalue weighted by Crippen LogP contribution is 2.42. The predicted octanol–water partition coefficient (Wildman–Crippen LogP) is 9.52. The fourth-order valence-corrected chi connectivity index (χ4v) is 5.74. The molecule has 0 unspecified atom stereocenters. The van der Waals surface area contributed by atoms with Crippen molar-refractivity contribution in [3.63, 3.8) is 0 Å². The first-order valence-electron chi connectivity index (χ1n) is 12.3. The number of oxazole rings is 1. The maximum absolute atomic E-state index is 6.25. The standard InChI is InChI=1S/C34H21NO/c1-20-6-17-30-31(18-20)36-34(35-30)29-16-12-23-10-14-27-26(13-9-22-11-15-28(29)33(23)32(22)27)25-8-7-21-4-2-3-5-24(21)19-25/h2-19H,1H3. The molecule has 0 amide bonds. The first kappa shape index (κ1) is 19.6. The van der Waals surface area contributed by atoms with Gasteiger partial charge in [0.2, 0.25) is 5.89 Å². The van der Waals surface area contributed by atoms with Crippen LogP contribution in [0.2, 0.25) is 0 Å². The van der Waals surface area contributed by atoms with Gasteiger partial charge in [0.25, 0.3) is 0 Å². The van der Waals surface area contributed by atoms with Gasteiger partial charge in [-0.15, -0.1) is 0 Å². The molecule has 1 aromatic heterocycles. The van der Waals surface area contributed by atoms with Crippen molar-refractivity contribution in [2.75, 3.05) is 0 Å². The van der Waals surface area contributed by atoms with Crippen molar-refractivity contribution in [1.29, 1.82) is 0 Å². The van der Waals surface area contributed by atoms with E-state index in [9.17, 15) is 0 Å². The van der Waals surface area contributed by atoms with Crippen LogP contribution in [-0.4, -0.2) is 4.98 Å². The van der Waals surface area contributed by atoms with Crippen LogP contribution < -0.4 is 0 Å². The highest BCUT2D eigenvalue weighted by atomic mass is 16.3. The lowest BCUT2D eigenvalue weighted by molar-refractivity contribution is 0.620. The second-order valence-corrected chi connectivity index (χ2v) is 9.70. The van der Waals surface area contributed by atoms with E-state index < -0.39 is 0 Å². The Morgan fingerprint density at radius 3 is 2.03 bits per heavy atom. The molecule has 0 aliphatic heterocycles. The second-order valence-electron chi connectivity index (χ2n) is 9.70. The lowest BCUT2D eigenvalue weighted by Crippen LogP contribution is -1.89. The van der Waals surface area contributed by atoms with Crippen molar-refractivity contribution in [2.45, 2.75) is 6.92 Å². The van der Waals surface area contributed by atoms with Crippen molar-refractivity contribution in [1.82, 2.24) is 4.98 Å². The molecule has 2 nitrogen and oxygen atoms in total. The molecule has 0 saturated carbocycles. The Morgan fingerprint density at radius 2 is 1.22 bits per heavy atom. The SMILES string of the molecule is Cc1ccc2nc(-c3ccc4ccc5c(-c6ccc7ccccc7c6)ccc6ccc3c4c65)oc2c1. The number of rotatable bonds is 2. The zero-order chi connectivity index (χ0) is 23.8. The zero-order valence-electron chi connectivity index (χ0n) is 19.7. The quantitative estimate of drug-likeness (QED) is 0.241. The van der Waals surface area contributed by atoms with Crippen molar-refractivity contribution < 1.29 is 4.42 Å². The van der Waals surface area contributed by atoms with Crippen LogP contribution in [0.15, 0.2) is 114 Å². The molecule has 2 heteroatoms. The van der Waals surface area contributed by atoms with Gasteiger partial charge in [-0.05, 0) is 91.0 Å². The van der Waals surface area contributed by atoms with Gasteiger partial charge in [-0.1, -0.05) is 84.9 Å². The van der Waals surface area contributed by atoms with Crippen LogP contribution in [-0.2, 0) is 0 Å². The number of hydrogen-bond donors (Lipinski definition) is 0. The first-order chi connectivity index (χ1) is 17.7. The molecule has 0 N–H and O–H groups in total. The maximum Gasteiger partial charge on any atom is 0.227 e. The summed E-state index contributed by atoms with van der Waals surface area (Å²) in [5, 5.41) is 10.0. The molecular formula is C34H21NO. The Kier molecular flexibility index (Phi) is 3.90. The van der Waals surface area contributed by atoms with Crippen molar-refractivity contribution in [3.8, 4) is 22.6 Å². The number of aromatic nitrogens is 1. The van der Waals surface area contributed by atoms with E-state index in [1.54, 1.807) is 0 Å². The Balaban J connectivity index is 1.42. The molecule has 0 spiro atoms. The van der Waals surface area contributed by atoms with Gasteiger partial charge in [0.05, 0.1) is 0 Å². The average molecular weight is 460 g/mol. The number of fused-ring (bicyclic) bond motifs is 2. The highest BCUT2D eigenvalue weighted by molar-refractivity contribution is 6.27. The van der Waals surface area contributed by atoms with Crippen LogP contribution in [0, 0.1) is 6.92 Å². The third-order valence-corrected chi connectivity index (χ3v) is 7.50. The number of aryl methyl sites for hydroxylation is 1. The van der Waals surface area contributed by atoms with Crippen LogP contribution in [0.1, 0.15) is 5.56 Å². The molecule has 0 aliphatic rings. The summed E-state index contributed by atoms with van der Waals surface area (Å²) in [5.41, 5.74) is 6.41. The summed E-state index contributed by atoms with van der Waals surface area (Å²) in [4.78, 5) is 4.83. The maximum atomic E-state index is 6.25. The van der Waals surface area contributed by atoms with E-state index in [0.717, 1.165) is 16.7 Å². The summed E-state index contributed by atoms with van der Waals surface area (Å²) in [7, 11) is 0. The lowest BCUT2D eigenvalue weighted by Gasteiger charge is -2.16. The molecule has 0 aliphatic carbocycles. The number of hydrogen-bond acceptors (Lipinski definition) is 2. The fourth-order valence-electron chi connectivity index (χ4n) is 5.74. The van der Waals surface area contributed by atoms with Crippen molar-refractivity contribution >= 4 is 54.2 Å². The molecule has 1 heterocycles. The smallest absolute Gasteiger partial charge is 0.227 e. The van der Waals surface area contributed by atoms with E-state index in [2.05, 4.69) is 110 Å². The van der Waals surface area contributed by atoms with Gasteiger partial charge < -0.3 is 4.42 Å². The molecule has 7 aromatic carbocycles. The van der Waals surface area contributed by atoms with Crippen LogP contribution in [0.25, 0.3) is 76.8 Å². The molecule has 8 rings (SSSR count). The Bertz CT molecular complexity index is 2110. The Hall–Kier alpha value is -4.69. The third kappa shape index (κ3) is 2.76. The van der Waals surface area contributed by atoms with Crippen LogP contribution in [0.4, 0.5) is 0 Å². The summed E-state index contributed by atoms with van der Waals surface area (Å²) < 4.78 is 6.25. The van der Waals surface area contributed by atoms with Gasteiger partial charge >= 0.3 is 0 Å². The van der Waals surface area contributed by atoms with E-state index in [4.69, 9.17) is 9.40 Å². The summed E-state index contributed by atoms with van der Waals surface area (Å²) >= 11 is 0. The summed E-state index contributed by atoms with van der Waals surface area (Å²) in [6.07, 6.45) is 0. The van der Waals surface area contributed by atoms with E-state index >= 15 is 0 Å². The second kappa shape index (κ2) is 7.16. The molecule has 0 bridgehead atoms. The molecular weight excluding hydrogens is 438 g/mol. The molecule has 168 valence electrons. The first-order valence-corrected chi connectivity index (χ1v) is 12.3. The summed E-state index contributed by atoms with van der Waals surface area (Å²) in [6, 6.07) is 39.3. The van der Waals surface area contributed by atoms with Gasteiger partial charge in [0, 0.05) is 5.56 Å². The molecule has 0 radical (unpaired) electrons. The average Bonchev–Trinajstić information content (AvgIpc) is 3.34. The number of benzene rings is 7. The molecule has 0 fully saturated rings. The monoisotopic (exact) mass is 459 g/mol. The van der Waals surface area contributed by atoms with E-state index in [-0.39, 0.29) is 0 Å². The van der Waals surface area contributed by atoms with Gasteiger partial charge in [0.1, 0.15) is 5.52 Å². The van der Waals surface area contributed by atoms with Gasteiger partial charge in [-0.25, -0.2) is 4.98 Å². The molecule has 0 atom stereocenters. The van der Waals surface area contributed by atoms with E-state index in [1.807, 2.05) is 6.07 Å². The van der Waals surface area contributed by atoms with Crippen LogP contribution >= 0.6 is 0 Å². The third-order valence-electron chi connectivity index (χ3n) is 7.50. The van der Waals surface area contributed by atoms with Gasteiger partial charge in [-0.2, -0.15) is 0 Å². The number of nitrogens with zero attached hydrogens (tertiary/aromatic N) is 1. The Labute approximate surface area is 207 Å². The topological polar surface area (TPSA) is 26.0 Å². The molecule has 8 aromatic rings. The van der Waals surface area contributed by atoms with Gasteiger partial charge in [-0.3, -0.25) is 0 Å². The summed E-state index contributed by atoms with van der Waals surface area (Å²) in [6.45, 7) is 2.07. The van der Waals surface area contributed by atoms with Crippen LogP contribution in [0.5, 0.6) is 0 Å². The predicted molar refractivity (Wildman–Crippen MR) is 151 cm³/mol. The van der Waals surface area contributed by atoms with Gasteiger partial charge in [0.15, 0.2) is 5.58 Å². The lowest BCUT2D eigenvalue weighted by atomic mass is 9.88. The minimum atomic E-state index is 0.670. The van der Waals surface area contributed by atoms with Crippen molar-refractivity contribution in [2.24, 2.45) is 0 Å². The highest BCUT2D eigenvalue weighted by Gasteiger charge is 2.17. The minimum Gasteiger partial charge on any atom is -0.436 e. The molecule has 0 saturated heterocycles. The van der Waals surface area contributed by atoms with E-state index in [0.29, 0.717) is 5.89 Å². The fraction of sp³-hybridized carbons (Fsp3) is 0.0294. The van der Waals surface area contributed by atoms with Crippen LogP contribution in [0.3, 0.4) is 0 Å². The van der Waals surface area contributed by atoms with Crippen molar-refractivity contribution in [3.05, 3.63) is 115 Å². The Morgan fingerprint density at radius 1 is 0.556 bits per heavy atom. The largest absolute Gasteiger partial charge is 0.436 e. The minimum absolute atomic E-state index is 0.670.